The molecular weight excluding hydrogens is 593 g/mol. The summed E-state index contributed by atoms with van der Waals surface area (Å²) < 4.78 is 15.0. The number of hydrogen-bond donors (Lipinski definition) is 4. The first-order valence-corrected chi connectivity index (χ1v) is 16.1. The lowest BCUT2D eigenvalue weighted by Gasteiger charge is -2.21. The average molecular weight is 634 g/mol. The molecule has 1 aromatic heterocycles. The number of carbonyl (C=O) groups excluding carboxylic acids is 3. The zero-order valence-corrected chi connectivity index (χ0v) is 26.8. The van der Waals surface area contributed by atoms with Crippen molar-refractivity contribution in [3.63, 3.8) is 0 Å². The van der Waals surface area contributed by atoms with Gasteiger partial charge in [0, 0.05) is 30.5 Å². The lowest BCUT2D eigenvalue weighted by Crippen LogP contribution is -2.40. The quantitative estimate of drug-likeness (QED) is 0.125. The molecule has 4 N–H and O–H groups in total. The molecule has 0 bridgehead atoms. The molecule has 2 aliphatic carbocycles. The lowest BCUT2D eigenvalue weighted by molar-refractivity contribution is -0.139. The number of nitrogens with zero attached hydrogens (tertiary/aromatic N) is 1. The lowest BCUT2D eigenvalue weighted by atomic mass is 9.96. The fourth-order valence-electron chi connectivity index (χ4n) is 5.09. The number of rotatable bonds is 12. The molecule has 3 amide bonds. The standard InChI is InChI=1S/C38H40FN5O3/c1-3-4-5-11-27(24-42-32-15-16-32)29-21-30(23-31(39)22-29)38(17-18-38)44-35(45)33-13-7-6-12-28(33)25-43-37(47)36(46)41-20-9-14-34-26(2)10-8-19-40-34/h5-8,10-13,19,21-24,32,42H,3-4,15-18,20,25H2,1-2H3,(H,41,46)(H,43,47)(H,44,45)/b11-5-,27-24+. The van der Waals surface area contributed by atoms with Crippen LogP contribution >= 0.6 is 0 Å². The summed E-state index contributed by atoms with van der Waals surface area (Å²) in [5.41, 5.74) is 4.10. The molecule has 242 valence electrons. The van der Waals surface area contributed by atoms with Gasteiger partial charge in [-0.05, 0) is 103 Å². The molecule has 1 heterocycles. The Morgan fingerprint density at radius 1 is 1.04 bits per heavy atom. The van der Waals surface area contributed by atoms with Crippen molar-refractivity contribution in [3.8, 4) is 11.8 Å². The molecule has 0 radical (unpaired) electrons. The predicted octanol–water partition coefficient (Wildman–Crippen LogP) is 5.18. The zero-order chi connectivity index (χ0) is 33.2. The normalized spacial score (nSPS) is 14.9. The van der Waals surface area contributed by atoms with Crippen LogP contribution in [0.2, 0.25) is 0 Å². The summed E-state index contributed by atoms with van der Waals surface area (Å²) in [7, 11) is 0. The first kappa shape index (κ1) is 33.1. The van der Waals surface area contributed by atoms with Gasteiger partial charge in [-0.2, -0.15) is 0 Å². The molecule has 5 rings (SSSR count). The number of unbranched alkanes of at least 4 members (excludes halogenated alkanes) is 1. The van der Waals surface area contributed by atoms with Gasteiger partial charge in [-0.25, -0.2) is 9.37 Å². The van der Waals surface area contributed by atoms with E-state index in [1.54, 1.807) is 30.5 Å². The van der Waals surface area contributed by atoms with E-state index in [1.807, 2.05) is 37.4 Å². The van der Waals surface area contributed by atoms with E-state index in [-0.39, 0.29) is 24.8 Å². The highest BCUT2D eigenvalue weighted by Gasteiger charge is 2.46. The topological polar surface area (TPSA) is 112 Å². The second-order valence-electron chi connectivity index (χ2n) is 12.0. The minimum atomic E-state index is -0.838. The van der Waals surface area contributed by atoms with Crippen LogP contribution in [0.3, 0.4) is 0 Å². The van der Waals surface area contributed by atoms with Crippen molar-refractivity contribution >= 4 is 23.3 Å². The van der Waals surface area contributed by atoms with Crippen LogP contribution in [0, 0.1) is 24.6 Å². The van der Waals surface area contributed by atoms with Crippen LogP contribution in [0.1, 0.15) is 83.8 Å². The fourth-order valence-corrected chi connectivity index (χ4v) is 5.09. The van der Waals surface area contributed by atoms with Crippen molar-refractivity contribution in [2.24, 2.45) is 0 Å². The minimum absolute atomic E-state index is 0.0194. The third-order valence-corrected chi connectivity index (χ3v) is 8.15. The molecule has 0 unspecified atom stereocenters. The molecule has 9 heteroatoms. The van der Waals surface area contributed by atoms with Gasteiger partial charge in [-0.3, -0.25) is 14.4 Å². The minimum Gasteiger partial charge on any atom is -0.388 e. The van der Waals surface area contributed by atoms with E-state index in [4.69, 9.17) is 0 Å². The van der Waals surface area contributed by atoms with Crippen LogP contribution in [0.4, 0.5) is 4.39 Å². The van der Waals surface area contributed by atoms with E-state index >= 15 is 4.39 Å². The number of pyridine rings is 1. The number of halogens is 1. The summed E-state index contributed by atoms with van der Waals surface area (Å²) in [6.07, 6.45) is 13.3. The number of benzene rings is 2. The van der Waals surface area contributed by atoms with Gasteiger partial charge in [0.05, 0.1) is 12.1 Å². The third kappa shape index (κ3) is 9.17. The van der Waals surface area contributed by atoms with Crippen molar-refractivity contribution in [2.45, 2.75) is 70.5 Å². The van der Waals surface area contributed by atoms with Gasteiger partial charge in [0.2, 0.25) is 0 Å². The number of amides is 3. The Morgan fingerprint density at radius 2 is 1.83 bits per heavy atom. The smallest absolute Gasteiger partial charge is 0.310 e. The van der Waals surface area contributed by atoms with Gasteiger partial charge < -0.3 is 21.3 Å². The maximum absolute atomic E-state index is 15.0. The third-order valence-electron chi connectivity index (χ3n) is 8.15. The van der Waals surface area contributed by atoms with Gasteiger partial charge in [-0.15, -0.1) is 0 Å². The highest BCUT2D eigenvalue weighted by Crippen LogP contribution is 2.46. The van der Waals surface area contributed by atoms with Crippen LogP contribution in [-0.4, -0.2) is 35.3 Å². The number of hydrogen-bond acceptors (Lipinski definition) is 5. The SMILES string of the molecule is CCC/C=C\C(=C/NC1CC1)c1cc(F)cc(C2(NC(=O)c3ccccc3CNC(=O)C(=O)NCC#Cc3ncccc3C)CC2)c1. The number of allylic oxidation sites excluding steroid dienone is 3. The predicted molar refractivity (Wildman–Crippen MR) is 180 cm³/mol. The van der Waals surface area contributed by atoms with E-state index in [0.29, 0.717) is 41.3 Å². The highest BCUT2D eigenvalue weighted by molar-refractivity contribution is 6.35. The van der Waals surface area contributed by atoms with Crippen LogP contribution in [-0.2, 0) is 21.7 Å². The number of aromatic nitrogens is 1. The number of carbonyl (C=O) groups is 3. The largest absolute Gasteiger partial charge is 0.388 e. The van der Waals surface area contributed by atoms with Crippen LogP contribution < -0.4 is 21.3 Å². The maximum atomic E-state index is 15.0. The van der Waals surface area contributed by atoms with E-state index in [1.165, 1.54) is 12.1 Å². The second-order valence-corrected chi connectivity index (χ2v) is 12.0. The van der Waals surface area contributed by atoms with Crippen molar-refractivity contribution in [3.05, 3.63) is 118 Å². The fraction of sp³-hybridized carbons (Fsp3) is 0.316. The Morgan fingerprint density at radius 3 is 2.57 bits per heavy atom. The summed E-state index contributed by atoms with van der Waals surface area (Å²) >= 11 is 0. The first-order valence-electron chi connectivity index (χ1n) is 16.1. The Kier molecular flexibility index (Phi) is 10.8. The van der Waals surface area contributed by atoms with E-state index in [9.17, 15) is 14.4 Å². The Hall–Kier alpha value is -5.23. The van der Waals surface area contributed by atoms with Crippen LogP contribution in [0.5, 0.6) is 0 Å². The molecule has 2 saturated carbocycles. The second kappa shape index (κ2) is 15.4. The van der Waals surface area contributed by atoms with E-state index in [2.05, 4.69) is 51.1 Å². The molecule has 2 fully saturated rings. The van der Waals surface area contributed by atoms with E-state index < -0.39 is 17.4 Å². The molecule has 0 atom stereocenters. The maximum Gasteiger partial charge on any atom is 0.310 e. The molecule has 47 heavy (non-hydrogen) atoms. The van der Waals surface area contributed by atoms with E-state index in [0.717, 1.165) is 42.4 Å². The molecule has 8 nitrogen and oxygen atoms in total. The number of nitrogens with one attached hydrogen (secondary N) is 4. The van der Waals surface area contributed by atoms with Gasteiger partial charge >= 0.3 is 11.8 Å². The Balaban J connectivity index is 1.22. The molecule has 0 spiro atoms. The summed E-state index contributed by atoms with van der Waals surface area (Å²) in [6, 6.07) is 16.0. The molecular formula is C38H40FN5O3. The Labute approximate surface area is 275 Å². The van der Waals surface area contributed by atoms with Crippen molar-refractivity contribution in [2.75, 3.05) is 6.54 Å². The summed E-state index contributed by atoms with van der Waals surface area (Å²) in [5.74, 6) is 3.30. The highest BCUT2D eigenvalue weighted by atomic mass is 19.1. The van der Waals surface area contributed by atoms with Crippen molar-refractivity contribution in [1.82, 2.24) is 26.3 Å². The van der Waals surface area contributed by atoms with Crippen LogP contribution in [0.25, 0.3) is 5.57 Å². The number of aryl methyl sites for hydroxylation is 1. The molecule has 2 aromatic carbocycles. The zero-order valence-electron chi connectivity index (χ0n) is 26.8. The van der Waals surface area contributed by atoms with Crippen LogP contribution in [0.15, 0.2) is 79.1 Å². The summed E-state index contributed by atoms with van der Waals surface area (Å²) in [4.78, 5) is 42.6. The average Bonchev–Trinajstić information content (AvgIpc) is 4.01. The first-order chi connectivity index (χ1) is 22.8. The molecule has 2 aliphatic rings. The van der Waals surface area contributed by atoms with Gasteiger partial charge in [0.15, 0.2) is 0 Å². The van der Waals surface area contributed by atoms with Gasteiger partial charge in [-0.1, -0.05) is 55.7 Å². The molecule has 0 aliphatic heterocycles. The monoisotopic (exact) mass is 633 g/mol. The van der Waals surface area contributed by atoms with Crippen molar-refractivity contribution in [1.29, 1.82) is 0 Å². The summed E-state index contributed by atoms with van der Waals surface area (Å²) in [6.45, 7) is 3.95. The molecule has 3 aromatic rings. The summed E-state index contributed by atoms with van der Waals surface area (Å²) in [5, 5.41) is 11.6. The van der Waals surface area contributed by atoms with Crippen molar-refractivity contribution < 1.29 is 18.8 Å². The van der Waals surface area contributed by atoms with Gasteiger partial charge in [0.25, 0.3) is 5.91 Å². The Bertz CT molecular complexity index is 1760. The molecule has 0 saturated heterocycles. The van der Waals surface area contributed by atoms with Gasteiger partial charge in [0.1, 0.15) is 11.5 Å².